The summed E-state index contributed by atoms with van der Waals surface area (Å²) in [6.45, 7) is 0. The lowest BCUT2D eigenvalue weighted by Crippen LogP contribution is -2.29. The molecule has 1 heterocycles. The van der Waals surface area contributed by atoms with Crippen molar-refractivity contribution in [2.45, 2.75) is 0 Å². The molecule has 0 bridgehead atoms. The van der Waals surface area contributed by atoms with Gasteiger partial charge in [0.2, 0.25) is 0 Å². The molecule has 0 fully saturated rings. The molecule has 0 saturated heterocycles. The number of H-pyrrole nitrogens is 1. The summed E-state index contributed by atoms with van der Waals surface area (Å²) < 4.78 is 1.84. The second kappa shape index (κ2) is 7.60. The quantitative estimate of drug-likeness (QED) is 0.270. The average molecular weight is 447 g/mol. The molecule has 1 aromatic heterocycles. The molecule has 0 saturated carbocycles. The fraction of sp³-hybridized carbons (Fsp3) is 0. The zero-order chi connectivity index (χ0) is 19.6. The third kappa shape index (κ3) is 3.99. The van der Waals surface area contributed by atoms with Crippen LogP contribution in [0.5, 0.6) is 0 Å². The molecule has 9 nitrogen and oxygen atoms in total. The van der Waals surface area contributed by atoms with E-state index in [0.29, 0.717) is 16.9 Å². The predicted molar refractivity (Wildman–Crippen MR) is 108 cm³/mol. The monoisotopic (exact) mass is 446 g/mol. The van der Waals surface area contributed by atoms with Crippen molar-refractivity contribution in [3.05, 3.63) is 73.5 Å². The summed E-state index contributed by atoms with van der Waals surface area (Å²) in [4.78, 5) is 22.9. The standard InChI is InChI=1S/C16H11BrN6O3S/c17-10-3-5-11(6-4-10)19-20-14-13(21-22(15(14)24)16(18)27)9-1-7-12(8-2-9)23(25)26/h1-8,21H,(H2,18,27). The third-order valence-electron chi connectivity index (χ3n) is 3.55. The maximum atomic E-state index is 12.5. The Hall–Kier alpha value is -3.18. The molecule has 0 amide bonds. The van der Waals surface area contributed by atoms with Gasteiger partial charge in [-0.1, -0.05) is 15.9 Å². The molecule has 11 heteroatoms. The van der Waals surface area contributed by atoms with Crippen LogP contribution in [-0.2, 0) is 0 Å². The number of halogens is 1. The SMILES string of the molecule is NC(=S)n1[nH]c(-c2ccc([N+](=O)[O-])cc2)c(N=Nc2ccc(Br)cc2)c1=O. The number of nitro benzene ring substituents is 1. The van der Waals surface area contributed by atoms with Crippen LogP contribution in [0.3, 0.4) is 0 Å². The Morgan fingerprint density at radius 1 is 1.15 bits per heavy atom. The number of non-ortho nitro benzene ring substituents is 1. The van der Waals surface area contributed by atoms with E-state index in [4.69, 9.17) is 18.0 Å². The summed E-state index contributed by atoms with van der Waals surface area (Å²) in [5.74, 6) is 0. The second-order valence-corrected chi connectivity index (χ2v) is 6.63. The number of aromatic nitrogens is 2. The van der Waals surface area contributed by atoms with Gasteiger partial charge in [-0.2, -0.15) is 9.80 Å². The Morgan fingerprint density at radius 3 is 2.33 bits per heavy atom. The number of thiocarbonyl (C=S) groups is 1. The summed E-state index contributed by atoms with van der Waals surface area (Å²) in [6, 6.07) is 12.6. The van der Waals surface area contributed by atoms with Crippen molar-refractivity contribution in [1.82, 2.24) is 9.78 Å². The van der Waals surface area contributed by atoms with E-state index in [9.17, 15) is 14.9 Å². The number of aromatic amines is 1. The van der Waals surface area contributed by atoms with E-state index in [0.717, 1.165) is 9.15 Å². The zero-order valence-corrected chi connectivity index (χ0v) is 15.9. The van der Waals surface area contributed by atoms with Crippen LogP contribution < -0.4 is 11.3 Å². The average Bonchev–Trinajstić information content (AvgIpc) is 2.98. The molecule has 0 atom stereocenters. The first-order valence-electron chi connectivity index (χ1n) is 7.44. The number of nitro groups is 1. The largest absolute Gasteiger partial charge is 0.374 e. The van der Waals surface area contributed by atoms with Gasteiger partial charge in [0, 0.05) is 22.2 Å². The summed E-state index contributed by atoms with van der Waals surface area (Å²) in [6.07, 6.45) is 0. The van der Waals surface area contributed by atoms with Crippen LogP contribution in [0.2, 0.25) is 0 Å². The van der Waals surface area contributed by atoms with Crippen LogP contribution in [0.25, 0.3) is 11.3 Å². The maximum absolute atomic E-state index is 12.5. The van der Waals surface area contributed by atoms with Gasteiger partial charge >= 0.3 is 5.56 Å². The lowest BCUT2D eigenvalue weighted by atomic mass is 10.1. The van der Waals surface area contributed by atoms with Gasteiger partial charge in [-0.05, 0) is 48.6 Å². The minimum Gasteiger partial charge on any atom is -0.374 e. The Balaban J connectivity index is 2.09. The van der Waals surface area contributed by atoms with Crippen molar-refractivity contribution < 1.29 is 4.92 Å². The molecule has 0 radical (unpaired) electrons. The molecule has 0 spiro atoms. The van der Waals surface area contributed by atoms with Crippen molar-refractivity contribution in [2.24, 2.45) is 16.0 Å². The molecule has 3 rings (SSSR count). The predicted octanol–water partition coefficient (Wildman–Crippen LogP) is 4.02. The van der Waals surface area contributed by atoms with E-state index < -0.39 is 10.5 Å². The molecule has 0 unspecified atom stereocenters. The normalized spacial score (nSPS) is 11.0. The van der Waals surface area contributed by atoms with Gasteiger partial charge in [0.25, 0.3) is 5.69 Å². The van der Waals surface area contributed by atoms with Crippen molar-refractivity contribution >= 4 is 50.3 Å². The zero-order valence-electron chi connectivity index (χ0n) is 13.5. The Bertz CT molecular complexity index is 1100. The van der Waals surface area contributed by atoms with E-state index in [1.54, 1.807) is 24.3 Å². The number of nitrogens with one attached hydrogen (secondary N) is 1. The molecule has 0 aliphatic heterocycles. The third-order valence-corrected chi connectivity index (χ3v) is 4.26. The first-order chi connectivity index (χ1) is 12.9. The summed E-state index contributed by atoms with van der Waals surface area (Å²) in [5.41, 5.74) is 6.23. The molecule has 0 aliphatic rings. The van der Waals surface area contributed by atoms with Gasteiger partial charge in [-0.3, -0.25) is 20.0 Å². The molecular formula is C16H11BrN6O3S. The van der Waals surface area contributed by atoms with Gasteiger partial charge < -0.3 is 5.73 Å². The highest BCUT2D eigenvalue weighted by atomic mass is 79.9. The van der Waals surface area contributed by atoms with Crippen LogP contribution in [0.1, 0.15) is 0 Å². The summed E-state index contributed by atoms with van der Waals surface area (Å²) in [7, 11) is 0. The van der Waals surface area contributed by atoms with Crippen LogP contribution in [-0.4, -0.2) is 19.8 Å². The van der Waals surface area contributed by atoms with E-state index in [2.05, 4.69) is 31.3 Å². The second-order valence-electron chi connectivity index (χ2n) is 5.29. The van der Waals surface area contributed by atoms with Crippen molar-refractivity contribution in [2.75, 3.05) is 0 Å². The van der Waals surface area contributed by atoms with Gasteiger partial charge in [0.15, 0.2) is 10.8 Å². The lowest BCUT2D eigenvalue weighted by Gasteiger charge is -2.00. The van der Waals surface area contributed by atoms with E-state index in [1.807, 2.05) is 0 Å². The molecule has 3 aromatic rings. The number of hydrogen-bond donors (Lipinski definition) is 2. The number of rotatable bonds is 4. The van der Waals surface area contributed by atoms with Crippen LogP contribution in [0.15, 0.2) is 68.0 Å². The van der Waals surface area contributed by atoms with Crippen molar-refractivity contribution in [3.8, 4) is 11.3 Å². The van der Waals surface area contributed by atoms with E-state index in [-0.39, 0.29) is 16.5 Å². The number of azo groups is 1. The fourth-order valence-electron chi connectivity index (χ4n) is 2.24. The fourth-order valence-corrected chi connectivity index (χ4v) is 2.64. The molecule has 136 valence electrons. The highest BCUT2D eigenvalue weighted by Crippen LogP contribution is 2.29. The Labute approximate surface area is 165 Å². The number of nitrogens with two attached hydrogens (primary N) is 1. The maximum Gasteiger partial charge on any atom is 0.301 e. The summed E-state index contributed by atoms with van der Waals surface area (Å²) in [5, 5.41) is 21.5. The van der Waals surface area contributed by atoms with Crippen LogP contribution >= 0.6 is 28.1 Å². The molecule has 2 aromatic carbocycles. The highest BCUT2D eigenvalue weighted by molar-refractivity contribution is 9.10. The Kier molecular flexibility index (Phi) is 5.23. The molecular weight excluding hydrogens is 436 g/mol. The minimum atomic E-state index is -0.572. The number of benzene rings is 2. The highest BCUT2D eigenvalue weighted by Gasteiger charge is 2.18. The number of hydrogen-bond acceptors (Lipinski definition) is 6. The first kappa shape index (κ1) is 18.6. The van der Waals surface area contributed by atoms with Crippen molar-refractivity contribution in [3.63, 3.8) is 0 Å². The first-order valence-corrected chi connectivity index (χ1v) is 8.64. The van der Waals surface area contributed by atoms with Crippen LogP contribution in [0, 0.1) is 10.1 Å². The van der Waals surface area contributed by atoms with Gasteiger partial charge in [-0.15, -0.1) is 5.11 Å². The number of nitrogens with zero attached hydrogens (tertiary/aromatic N) is 4. The van der Waals surface area contributed by atoms with E-state index in [1.165, 1.54) is 24.3 Å². The minimum absolute atomic E-state index is 0.0143. The molecule has 3 N–H and O–H groups in total. The molecule has 0 aliphatic carbocycles. The molecule has 27 heavy (non-hydrogen) atoms. The van der Waals surface area contributed by atoms with Gasteiger partial charge in [-0.25, -0.2) is 0 Å². The smallest absolute Gasteiger partial charge is 0.301 e. The van der Waals surface area contributed by atoms with E-state index >= 15 is 0 Å². The lowest BCUT2D eigenvalue weighted by molar-refractivity contribution is -0.384. The summed E-state index contributed by atoms with van der Waals surface area (Å²) >= 11 is 8.19. The topological polar surface area (TPSA) is 132 Å². The van der Waals surface area contributed by atoms with Gasteiger partial charge in [0.1, 0.15) is 0 Å². The van der Waals surface area contributed by atoms with Gasteiger partial charge in [0.05, 0.1) is 16.3 Å². The van der Waals surface area contributed by atoms with Crippen LogP contribution in [0.4, 0.5) is 17.1 Å². The van der Waals surface area contributed by atoms with Crippen molar-refractivity contribution in [1.29, 1.82) is 0 Å². The Morgan fingerprint density at radius 2 is 1.78 bits per heavy atom.